The Bertz CT molecular complexity index is 549. The fourth-order valence-electron chi connectivity index (χ4n) is 2.95. The minimum absolute atomic E-state index is 0.975. The lowest BCUT2D eigenvalue weighted by Crippen LogP contribution is -2.16. The summed E-state index contributed by atoms with van der Waals surface area (Å²) in [5.41, 5.74) is 5.75. The van der Waals surface area contributed by atoms with Gasteiger partial charge in [-0.2, -0.15) is 0 Å². The van der Waals surface area contributed by atoms with Crippen LogP contribution in [-0.4, -0.2) is 11.4 Å². The number of nitrogens with zero attached hydrogens (tertiary/aromatic N) is 1. The molecule has 0 unspecified atom stereocenters. The van der Waals surface area contributed by atoms with E-state index in [0.29, 0.717) is 0 Å². The Kier molecular flexibility index (Phi) is 4.69. The van der Waals surface area contributed by atoms with Crippen LogP contribution in [0.3, 0.4) is 0 Å². The molecule has 0 atom stereocenters. The van der Waals surface area contributed by atoms with E-state index in [1.165, 1.54) is 28.7 Å². The molecule has 1 aliphatic rings. The molecule has 2 aromatic rings. The lowest BCUT2D eigenvalue weighted by atomic mass is 10.1. The smallest absolute Gasteiger partial charge is 0.0244 e. The minimum atomic E-state index is 0.975. The molecule has 0 amide bonds. The zero-order valence-corrected chi connectivity index (χ0v) is 12.8. The van der Waals surface area contributed by atoms with E-state index >= 15 is 0 Å². The summed E-state index contributed by atoms with van der Waals surface area (Å²) in [6.07, 6.45) is 1.19. The van der Waals surface area contributed by atoms with Gasteiger partial charge in [-0.3, -0.25) is 4.90 Å². The van der Waals surface area contributed by atoms with Crippen molar-refractivity contribution in [3.05, 3.63) is 70.8 Å². The quantitative estimate of drug-likeness (QED) is 0.812. The van der Waals surface area contributed by atoms with Crippen LogP contribution in [-0.2, 0) is 26.2 Å². The first kappa shape index (κ1) is 14.3. The molecule has 110 valence electrons. The Labute approximate surface area is 127 Å². The van der Waals surface area contributed by atoms with Gasteiger partial charge in [-0.05, 0) is 35.2 Å². The average Bonchev–Trinajstić information content (AvgIpc) is 2.91. The minimum Gasteiger partial charge on any atom is -0.313 e. The molecule has 3 rings (SSSR count). The zero-order chi connectivity index (χ0) is 14.5. The summed E-state index contributed by atoms with van der Waals surface area (Å²) >= 11 is 0. The monoisotopic (exact) mass is 280 g/mol. The molecular weight excluding hydrogens is 256 g/mol. The van der Waals surface area contributed by atoms with Crippen LogP contribution in [0.4, 0.5) is 0 Å². The van der Waals surface area contributed by atoms with Gasteiger partial charge in [-0.15, -0.1) is 0 Å². The Morgan fingerprint density at radius 1 is 0.905 bits per heavy atom. The lowest BCUT2D eigenvalue weighted by Gasteiger charge is -2.15. The molecule has 0 aromatic heterocycles. The highest BCUT2D eigenvalue weighted by atomic mass is 15.1. The van der Waals surface area contributed by atoms with E-state index in [4.69, 9.17) is 0 Å². The second-order valence-electron chi connectivity index (χ2n) is 5.91. The van der Waals surface area contributed by atoms with Crippen LogP contribution in [0.1, 0.15) is 35.6 Å². The van der Waals surface area contributed by atoms with E-state index in [1.54, 1.807) is 0 Å². The first-order valence-electron chi connectivity index (χ1n) is 7.93. The molecule has 0 radical (unpaired) electrons. The lowest BCUT2D eigenvalue weighted by molar-refractivity contribution is 0.275. The number of rotatable bonds is 6. The fourth-order valence-corrected chi connectivity index (χ4v) is 2.95. The zero-order valence-electron chi connectivity index (χ0n) is 12.8. The van der Waals surface area contributed by atoms with Gasteiger partial charge >= 0.3 is 0 Å². The maximum Gasteiger partial charge on any atom is 0.0244 e. The molecule has 0 saturated carbocycles. The molecule has 0 saturated heterocycles. The molecule has 0 spiro atoms. The van der Waals surface area contributed by atoms with Crippen molar-refractivity contribution in [3.63, 3.8) is 0 Å². The van der Waals surface area contributed by atoms with Gasteiger partial charge in [0.1, 0.15) is 0 Å². The van der Waals surface area contributed by atoms with Crippen LogP contribution >= 0.6 is 0 Å². The van der Waals surface area contributed by atoms with Crippen molar-refractivity contribution in [2.45, 2.75) is 39.5 Å². The predicted octanol–water partition coefficient (Wildman–Crippen LogP) is 3.70. The second kappa shape index (κ2) is 6.88. The van der Waals surface area contributed by atoms with Crippen LogP contribution in [0.25, 0.3) is 0 Å². The van der Waals surface area contributed by atoms with E-state index in [2.05, 4.69) is 65.7 Å². The number of hydrogen-bond acceptors (Lipinski definition) is 2. The van der Waals surface area contributed by atoms with Crippen molar-refractivity contribution in [2.75, 3.05) is 6.54 Å². The predicted molar refractivity (Wildman–Crippen MR) is 87.8 cm³/mol. The third-order valence-electron chi connectivity index (χ3n) is 4.09. The van der Waals surface area contributed by atoms with Crippen molar-refractivity contribution >= 4 is 0 Å². The van der Waals surface area contributed by atoms with Crippen LogP contribution in [0.2, 0.25) is 0 Å². The van der Waals surface area contributed by atoms with Crippen LogP contribution in [0, 0.1) is 0 Å². The first-order valence-corrected chi connectivity index (χ1v) is 7.93. The maximum absolute atomic E-state index is 3.45. The number of nitrogens with one attached hydrogen (secondary N) is 1. The van der Waals surface area contributed by atoms with Crippen molar-refractivity contribution in [3.8, 4) is 0 Å². The first-order chi connectivity index (χ1) is 10.3. The van der Waals surface area contributed by atoms with Gasteiger partial charge in [-0.25, -0.2) is 0 Å². The summed E-state index contributed by atoms with van der Waals surface area (Å²) in [7, 11) is 0. The summed E-state index contributed by atoms with van der Waals surface area (Å²) in [5, 5.41) is 3.45. The Morgan fingerprint density at radius 3 is 2.14 bits per heavy atom. The van der Waals surface area contributed by atoms with Crippen molar-refractivity contribution in [2.24, 2.45) is 0 Å². The third kappa shape index (κ3) is 3.72. The molecule has 1 aliphatic heterocycles. The molecule has 0 fully saturated rings. The van der Waals surface area contributed by atoms with Gasteiger partial charge in [0, 0.05) is 26.2 Å². The van der Waals surface area contributed by atoms with Gasteiger partial charge in [0.05, 0.1) is 0 Å². The highest BCUT2D eigenvalue weighted by Crippen LogP contribution is 2.23. The van der Waals surface area contributed by atoms with Gasteiger partial charge < -0.3 is 5.32 Å². The maximum atomic E-state index is 3.45. The molecule has 0 bridgehead atoms. The van der Waals surface area contributed by atoms with E-state index < -0.39 is 0 Å². The molecular formula is C19H24N2. The largest absolute Gasteiger partial charge is 0.313 e. The average molecular weight is 280 g/mol. The summed E-state index contributed by atoms with van der Waals surface area (Å²) in [6, 6.07) is 17.8. The molecule has 0 aliphatic carbocycles. The fraction of sp³-hybridized carbons (Fsp3) is 0.368. The standard InChI is InChI=1S/C19H24N2/c1-2-11-20-12-16-7-9-17(10-8-16)13-21-14-18-5-3-4-6-19(18)15-21/h3-10,20H,2,11-15H2,1H3. The van der Waals surface area contributed by atoms with Gasteiger partial charge in [0.15, 0.2) is 0 Å². The summed E-state index contributed by atoms with van der Waals surface area (Å²) in [4.78, 5) is 2.51. The highest BCUT2D eigenvalue weighted by molar-refractivity contribution is 5.31. The summed E-state index contributed by atoms with van der Waals surface area (Å²) in [6.45, 7) is 7.46. The molecule has 2 aromatic carbocycles. The van der Waals surface area contributed by atoms with Crippen LogP contribution in [0.15, 0.2) is 48.5 Å². The molecule has 21 heavy (non-hydrogen) atoms. The third-order valence-corrected chi connectivity index (χ3v) is 4.09. The van der Waals surface area contributed by atoms with Gasteiger partial charge in [0.2, 0.25) is 0 Å². The number of hydrogen-bond donors (Lipinski definition) is 1. The van der Waals surface area contributed by atoms with E-state index in [-0.39, 0.29) is 0 Å². The van der Waals surface area contributed by atoms with Gasteiger partial charge in [0.25, 0.3) is 0 Å². The molecule has 1 heterocycles. The number of benzene rings is 2. The van der Waals surface area contributed by atoms with Crippen LogP contribution < -0.4 is 5.32 Å². The van der Waals surface area contributed by atoms with Gasteiger partial charge in [-0.1, -0.05) is 55.5 Å². The topological polar surface area (TPSA) is 15.3 Å². The SMILES string of the molecule is CCCNCc1ccc(CN2Cc3ccccc3C2)cc1. The second-order valence-corrected chi connectivity index (χ2v) is 5.91. The molecule has 2 nitrogen and oxygen atoms in total. The van der Waals surface area contributed by atoms with Crippen molar-refractivity contribution in [1.29, 1.82) is 0 Å². The van der Waals surface area contributed by atoms with E-state index in [0.717, 1.165) is 32.7 Å². The van der Waals surface area contributed by atoms with Crippen molar-refractivity contribution in [1.82, 2.24) is 10.2 Å². The Morgan fingerprint density at radius 2 is 1.52 bits per heavy atom. The number of fused-ring (bicyclic) bond motifs is 1. The van der Waals surface area contributed by atoms with Crippen molar-refractivity contribution < 1.29 is 0 Å². The molecule has 1 N–H and O–H groups in total. The molecule has 2 heteroatoms. The Balaban J connectivity index is 1.55. The summed E-state index contributed by atoms with van der Waals surface area (Å²) < 4.78 is 0. The van der Waals surface area contributed by atoms with Crippen LogP contribution in [0.5, 0.6) is 0 Å². The highest BCUT2D eigenvalue weighted by Gasteiger charge is 2.17. The summed E-state index contributed by atoms with van der Waals surface area (Å²) in [5.74, 6) is 0. The Hall–Kier alpha value is -1.64. The van der Waals surface area contributed by atoms with E-state index in [9.17, 15) is 0 Å². The van der Waals surface area contributed by atoms with E-state index in [1.807, 2.05) is 0 Å². The normalized spacial score (nSPS) is 14.3.